The summed E-state index contributed by atoms with van der Waals surface area (Å²) < 4.78 is 46.2. The molecule has 2 aromatic rings. The van der Waals surface area contributed by atoms with Gasteiger partial charge in [-0.3, -0.25) is 0 Å². The van der Waals surface area contributed by atoms with E-state index in [-0.39, 0.29) is 21.3 Å². The van der Waals surface area contributed by atoms with Crippen LogP contribution in [-0.2, 0) is 19.3 Å². The molecule has 2 aromatic carbocycles. The van der Waals surface area contributed by atoms with Crippen molar-refractivity contribution in [1.82, 2.24) is 0 Å². The summed E-state index contributed by atoms with van der Waals surface area (Å²) in [4.78, 5) is 11.8. The van der Waals surface area contributed by atoms with Crippen molar-refractivity contribution in [2.75, 3.05) is 0 Å². The molecule has 0 fully saturated rings. The van der Waals surface area contributed by atoms with E-state index in [0.717, 1.165) is 0 Å². The molecule has 1 atom stereocenters. The Labute approximate surface area is 182 Å². The molecule has 0 saturated carbocycles. The number of carbonyl (C=O) groups is 1. The first-order valence-electron chi connectivity index (χ1n) is 9.54. The van der Waals surface area contributed by atoms with Crippen LogP contribution in [0.4, 0.5) is 4.79 Å². The molecule has 2 rings (SSSR count). The minimum Gasteiger partial charge on any atom is -0.441 e. The number of aliphatic hydroxyl groups excluding tert-OH is 1. The second kappa shape index (κ2) is 9.25. The molecule has 0 aliphatic heterocycles. The summed E-state index contributed by atoms with van der Waals surface area (Å²) in [7, 11) is -3.81. The molecule has 31 heavy (non-hydrogen) atoms. The Morgan fingerprint density at radius 1 is 0.806 bits per heavy atom. The molecule has 0 amide bonds. The van der Waals surface area contributed by atoms with Crippen molar-refractivity contribution in [3.05, 3.63) is 48.5 Å². The third-order valence-electron chi connectivity index (χ3n) is 3.55. The SMILES string of the molecule is CC(C)(C)OC(=O)Oc1ccc(S(=O)(=O)c2ccc(OC(O)OC(C)(C)C)cc2)cc1. The van der Waals surface area contributed by atoms with Crippen LogP contribution in [0.3, 0.4) is 0 Å². The summed E-state index contributed by atoms with van der Waals surface area (Å²) >= 11 is 0. The fourth-order valence-electron chi connectivity index (χ4n) is 2.33. The number of sulfone groups is 1. The van der Waals surface area contributed by atoms with Crippen LogP contribution in [0.5, 0.6) is 11.5 Å². The minimum absolute atomic E-state index is 0.0220. The lowest BCUT2D eigenvalue weighted by molar-refractivity contribution is -0.259. The van der Waals surface area contributed by atoms with Crippen LogP contribution in [-0.4, -0.2) is 37.4 Å². The first-order valence-corrected chi connectivity index (χ1v) is 11.0. The van der Waals surface area contributed by atoms with Gasteiger partial charge in [-0.25, -0.2) is 13.2 Å². The van der Waals surface area contributed by atoms with Crippen LogP contribution in [0.25, 0.3) is 0 Å². The van der Waals surface area contributed by atoms with E-state index in [9.17, 15) is 18.3 Å². The lowest BCUT2D eigenvalue weighted by atomic mass is 10.2. The Hall–Kier alpha value is -2.62. The number of carbonyl (C=O) groups excluding carboxylic acids is 1. The quantitative estimate of drug-likeness (QED) is 0.393. The van der Waals surface area contributed by atoms with E-state index in [0.29, 0.717) is 0 Å². The maximum Gasteiger partial charge on any atom is 0.514 e. The topological polar surface area (TPSA) is 108 Å². The van der Waals surface area contributed by atoms with E-state index in [1.165, 1.54) is 48.5 Å². The minimum atomic E-state index is -3.81. The number of ether oxygens (including phenoxy) is 4. The molecule has 1 N–H and O–H groups in total. The van der Waals surface area contributed by atoms with Crippen molar-refractivity contribution in [1.29, 1.82) is 0 Å². The molecule has 0 bridgehead atoms. The van der Waals surface area contributed by atoms with Gasteiger partial charge < -0.3 is 24.1 Å². The van der Waals surface area contributed by atoms with Crippen LogP contribution < -0.4 is 9.47 Å². The number of benzene rings is 2. The molecule has 170 valence electrons. The Balaban J connectivity index is 2.08. The zero-order chi connectivity index (χ0) is 23.4. The summed E-state index contributed by atoms with van der Waals surface area (Å²) in [6.45, 7) is 8.92. The summed E-state index contributed by atoms with van der Waals surface area (Å²) in [5.41, 5.74) is -1.31. The predicted molar refractivity (Wildman–Crippen MR) is 113 cm³/mol. The van der Waals surface area contributed by atoms with E-state index in [4.69, 9.17) is 18.9 Å². The maximum atomic E-state index is 12.8. The van der Waals surface area contributed by atoms with Gasteiger partial charge in [0.1, 0.15) is 17.1 Å². The lowest BCUT2D eigenvalue weighted by Crippen LogP contribution is -2.31. The normalized spacial score (nSPS) is 13.4. The molecule has 0 heterocycles. The molecular formula is C22H28O8S. The Morgan fingerprint density at radius 3 is 1.68 bits per heavy atom. The smallest absolute Gasteiger partial charge is 0.441 e. The molecular weight excluding hydrogens is 424 g/mol. The van der Waals surface area contributed by atoms with Gasteiger partial charge in [-0.15, -0.1) is 0 Å². The molecule has 0 radical (unpaired) electrons. The van der Waals surface area contributed by atoms with Crippen LogP contribution in [0.2, 0.25) is 0 Å². The fraction of sp³-hybridized carbons (Fsp3) is 0.409. The molecule has 0 saturated heterocycles. The second-order valence-electron chi connectivity index (χ2n) is 8.67. The fourth-order valence-corrected chi connectivity index (χ4v) is 3.59. The van der Waals surface area contributed by atoms with Gasteiger partial charge in [-0.05, 0) is 90.1 Å². The summed E-state index contributed by atoms with van der Waals surface area (Å²) in [6, 6.07) is 11.0. The second-order valence-corrected chi connectivity index (χ2v) is 10.6. The van der Waals surface area contributed by atoms with E-state index in [1.54, 1.807) is 41.5 Å². The van der Waals surface area contributed by atoms with Crippen molar-refractivity contribution in [2.45, 2.75) is 69.0 Å². The van der Waals surface area contributed by atoms with Gasteiger partial charge in [-0.2, -0.15) is 0 Å². The number of rotatable bonds is 6. The third-order valence-corrected chi connectivity index (χ3v) is 5.34. The highest BCUT2D eigenvalue weighted by molar-refractivity contribution is 7.91. The molecule has 0 aromatic heterocycles. The zero-order valence-corrected chi connectivity index (χ0v) is 19.2. The summed E-state index contributed by atoms with van der Waals surface area (Å²) in [5.74, 6) is 0.404. The standard InChI is InChI=1S/C22H28O8S/c1-21(2,3)29-19(23)27-15-7-11-17(12-8-15)31(25,26)18-13-9-16(10-14-18)28-20(24)30-22(4,5)6/h7-14,19,23H,1-6H3. The highest BCUT2D eigenvalue weighted by atomic mass is 32.2. The average molecular weight is 453 g/mol. The van der Waals surface area contributed by atoms with Gasteiger partial charge in [0.05, 0.1) is 15.4 Å². The van der Waals surface area contributed by atoms with Crippen molar-refractivity contribution in [3.8, 4) is 11.5 Å². The maximum absolute atomic E-state index is 12.8. The van der Waals surface area contributed by atoms with E-state index >= 15 is 0 Å². The monoisotopic (exact) mass is 452 g/mol. The molecule has 8 nitrogen and oxygen atoms in total. The molecule has 0 aliphatic carbocycles. The van der Waals surface area contributed by atoms with Gasteiger partial charge in [0, 0.05) is 0 Å². The first-order chi connectivity index (χ1) is 14.2. The van der Waals surface area contributed by atoms with E-state index < -0.39 is 33.7 Å². The van der Waals surface area contributed by atoms with Crippen molar-refractivity contribution in [3.63, 3.8) is 0 Å². The number of aliphatic hydroxyl groups is 1. The number of hydrogen-bond donors (Lipinski definition) is 1. The Morgan fingerprint density at radius 2 is 1.26 bits per heavy atom. The highest BCUT2D eigenvalue weighted by Gasteiger charge is 2.21. The van der Waals surface area contributed by atoms with Gasteiger partial charge >= 0.3 is 12.6 Å². The van der Waals surface area contributed by atoms with Crippen LogP contribution in [0, 0.1) is 0 Å². The molecule has 0 spiro atoms. The molecule has 0 aliphatic rings. The van der Waals surface area contributed by atoms with Gasteiger partial charge in [0.15, 0.2) is 0 Å². The third kappa shape index (κ3) is 7.86. The number of hydrogen-bond acceptors (Lipinski definition) is 8. The van der Waals surface area contributed by atoms with Gasteiger partial charge in [0.25, 0.3) is 0 Å². The largest absolute Gasteiger partial charge is 0.514 e. The van der Waals surface area contributed by atoms with Gasteiger partial charge in [0.2, 0.25) is 9.84 Å². The molecule has 9 heteroatoms. The van der Waals surface area contributed by atoms with Crippen LogP contribution in [0.15, 0.2) is 58.3 Å². The van der Waals surface area contributed by atoms with Crippen molar-refractivity contribution in [2.24, 2.45) is 0 Å². The highest BCUT2D eigenvalue weighted by Crippen LogP contribution is 2.26. The summed E-state index contributed by atoms with van der Waals surface area (Å²) in [5, 5.41) is 9.79. The van der Waals surface area contributed by atoms with Crippen LogP contribution >= 0.6 is 0 Å². The van der Waals surface area contributed by atoms with E-state index in [2.05, 4.69) is 0 Å². The van der Waals surface area contributed by atoms with Crippen LogP contribution in [0.1, 0.15) is 41.5 Å². The summed E-state index contributed by atoms with van der Waals surface area (Å²) in [6.07, 6.45) is -0.878. The van der Waals surface area contributed by atoms with Gasteiger partial charge in [-0.1, -0.05) is 0 Å². The molecule has 1 unspecified atom stereocenters. The average Bonchev–Trinajstić information content (AvgIpc) is 2.59. The Bertz CT molecular complexity index is 982. The van der Waals surface area contributed by atoms with E-state index in [1.807, 2.05) is 0 Å². The Kier molecular flexibility index (Phi) is 7.36. The van der Waals surface area contributed by atoms with Crippen molar-refractivity contribution < 1.29 is 37.3 Å². The predicted octanol–water partition coefficient (Wildman–Crippen LogP) is 4.30. The zero-order valence-electron chi connectivity index (χ0n) is 18.4. The first kappa shape index (κ1) is 24.6. The van der Waals surface area contributed by atoms with Crippen molar-refractivity contribution >= 4 is 16.0 Å². The lowest BCUT2D eigenvalue weighted by Gasteiger charge is -2.23.